The van der Waals surface area contributed by atoms with Crippen molar-refractivity contribution < 1.29 is 14.6 Å². The summed E-state index contributed by atoms with van der Waals surface area (Å²) in [5, 5.41) is 12.4. The van der Waals surface area contributed by atoms with Gasteiger partial charge in [-0.15, -0.1) is 0 Å². The van der Waals surface area contributed by atoms with Gasteiger partial charge in [0.2, 0.25) is 0 Å². The minimum Gasteiger partial charge on any atom is -0.481 e. The molecule has 0 aromatic rings. The molecule has 1 unspecified atom stereocenters. The molecule has 0 saturated heterocycles. The predicted molar refractivity (Wildman–Crippen MR) is 60.0 cm³/mol. The largest absolute Gasteiger partial charge is 0.481 e. The molecule has 15 heavy (non-hydrogen) atoms. The van der Waals surface area contributed by atoms with E-state index in [1.54, 1.807) is 7.11 Å². The summed E-state index contributed by atoms with van der Waals surface area (Å²) in [6, 6.07) is 0.187. The van der Waals surface area contributed by atoms with Crippen LogP contribution in [0.3, 0.4) is 0 Å². The highest BCUT2D eigenvalue weighted by Crippen LogP contribution is 2.25. The summed E-state index contributed by atoms with van der Waals surface area (Å²) in [6.07, 6.45) is 1.29. The maximum Gasteiger partial charge on any atom is 0.310 e. The number of carbonyl (C=O) groups is 1. The van der Waals surface area contributed by atoms with Crippen LogP contribution in [-0.4, -0.2) is 37.4 Å². The molecule has 0 fully saturated rings. The number of ether oxygens (including phenoxy) is 1. The van der Waals surface area contributed by atoms with Gasteiger partial charge in [0.05, 0.1) is 12.0 Å². The highest BCUT2D eigenvalue weighted by Gasteiger charge is 2.34. The van der Waals surface area contributed by atoms with Crippen molar-refractivity contribution in [1.29, 1.82) is 0 Å². The van der Waals surface area contributed by atoms with E-state index in [9.17, 15) is 9.90 Å². The first-order valence-electron chi connectivity index (χ1n) is 5.48. The lowest BCUT2D eigenvalue weighted by Gasteiger charge is -2.28. The van der Waals surface area contributed by atoms with E-state index in [2.05, 4.69) is 5.32 Å². The average Bonchev–Trinajstić information content (AvgIpc) is 2.20. The Morgan fingerprint density at radius 2 is 2.00 bits per heavy atom. The summed E-state index contributed by atoms with van der Waals surface area (Å²) in [5.74, 6) is -0.718. The second-order valence-electron chi connectivity index (χ2n) is 4.03. The van der Waals surface area contributed by atoms with E-state index in [0.717, 1.165) is 0 Å². The van der Waals surface area contributed by atoms with Gasteiger partial charge in [-0.05, 0) is 19.8 Å². The summed E-state index contributed by atoms with van der Waals surface area (Å²) >= 11 is 0. The lowest BCUT2D eigenvalue weighted by molar-refractivity contribution is -0.149. The number of methoxy groups -OCH3 is 1. The molecule has 1 atom stereocenters. The van der Waals surface area contributed by atoms with E-state index in [-0.39, 0.29) is 6.04 Å². The van der Waals surface area contributed by atoms with E-state index in [1.807, 2.05) is 20.8 Å². The molecular formula is C11H23NO3. The van der Waals surface area contributed by atoms with Gasteiger partial charge in [0.15, 0.2) is 0 Å². The Hall–Kier alpha value is -0.610. The zero-order valence-electron chi connectivity index (χ0n) is 10.2. The molecular weight excluding hydrogens is 194 g/mol. The minimum atomic E-state index is -0.718. The van der Waals surface area contributed by atoms with Crippen LogP contribution in [0.15, 0.2) is 0 Å². The zero-order chi connectivity index (χ0) is 11.9. The first kappa shape index (κ1) is 14.4. The molecule has 0 spiro atoms. The smallest absolute Gasteiger partial charge is 0.310 e. The molecule has 0 bridgehead atoms. The van der Waals surface area contributed by atoms with Gasteiger partial charge in [0, 0.05) is 19.7 Å². The van der Waals surface area contributed by atoms with Gasteiger partial charge in [0.25, 0.3) is 0 Å². The van der Waals surface area contributed by atoms with Gasteiger partial charge in [-0.1, -0.05) is 13.8 Å². The van der Waals surface area contributed by atoms with Crippen molar-refractivity contribution in [3.8, 4) is 0 Å². The van der Waals surface area contributed by atoms with E-state index >= 15 is 0 Å². The molecule has 0 aliphatic rings. The van der Waals surface area contributed by atoms with Gasteiger partial charge in [-0.2, -0.15) is 0 Å². The van der Waals surface area contributed by atoms with Gasteiger partial charge < -0.3 is 15.2 Å². The van der Waals surface area contributed by atoms with Crippen molar-refractivity contribution in [2.45, 2.75) is 39.7 Å². The number of nitrogens with one attached hydrogen (secondary N) is 1. The zero-order valence-corrected chi connectivity index (χ0v) is 10.2. The highest BCUT2D eigenvalue weighted by atomic mass is 16.5. The van der Waals surface area contributed by atoms with Crippen molar-refractivity contribution in [2.75, 3.05) is 20.3 Å². The van der Waals surface area contributed by atoms with Crippen molar-refractivity contribution in [3.63, 3.8) is 0 Å². The summed E-state index contributed by atoms with van der Waals surface area (Å²) in [6.45, 7) is 6.92. The lowest BCUT2D eigenvalue weighted by Crippen LogP contribution is -2.44. The van der Waals surface area contributed by atoms with Crippen LogP contribution in [0.2, 0.25) is 0 Å². The van der Waals surface area contributed by atoms with Crippen molar-refractivity contribution in [3.05, 3.63) is 0 Å². The Morgan fingerprint density at radius 1 is 1.47 bits per heavy atom. The molecule has 0 rings (SSSR count). The fourth-order valence-corrected chi connectivity index (χ4v) is 1.56. The number of hydrogen-bond donors (Lipinski definition) is 2. The maximum atomic E-state index is 11.2. The van der Waals surface area contributed by atoms with Crippen LogP contribution >= 0.6 is 0 Å². The normalized spacial score (nSPS) is 13.9. The van der Waals surface area contributed by atoms with Crippen LogP contribution in [0, 0.1) is 5.41 Å². The van der Waals surface area contributed by atoms with Crippen molar-refractivity contribution in [1.82, 2.24) is 5.32 Å². The Balaban J connectivity index is 4.24. The number of carboxylic acid groups (broad SMARTS) is 1. The van der Waals surface area contributed by atoms with Crippen molar-refractivity contribution in [2.24, 2.45) is 5.41 Å². The van der Waals surface area contributed by atoms with Gasteiger partial charge in [-0.3, -0.25) is 4.79 Å². The number of rotatable bonds is 8. The second kappa shape index (κ2) is 6.80. The molecule has 2 N–H and O–H groups in total. The quantitative estimate of drug-likeness (QED) is 0.647. The molecule has 4 nitrogen and oxygen atoms in total. The second-order valence-corrected chi connectivity index (χ2v) is 4.03. The summed E-state index contributed by atoms with van der Waals surface area (Å²) in [4.78, 5) is 11.2. The molecule has 0 amide bonds. The van der Waals surface area contributed by atoms with E-state index < -0.39 is 11.4 Å². The van der Waals surface area contributed by atoms with Gasteiger partial charge in [-0.25, -0.2) is 0 Å². The third kappa shape index (κ3) is 4.18. The molecule has 0 aromatic heterocycles. The molecule has 0 aliphatic carbocycles. The Morgan fingerprint density at radius 3 is 2.33 bits per heavy atom. The van der Waals surface area contributed by atoms with Crippen LogP contribution in [0.1, 0.15) is 33.6 Å². The van der Waals surface area contributed by atoms with E-state index in [0.29, 0.717) is 26.0 Å². The third-order valence-electron chi connectivity index (χ3n) is 3.01. The number of hydrogen-bond acceptors (Lipinski definition) is 3. The monoisotopic (exact) mass is 217 g/mol. The van der Waals surface area contributed by atoms with E-state index in [4.69, 9.17) is 4.74 Å². The molecule has 0 aromatic carbocycles. The van der Waals surface area contributed by atoms with Crippen LogP contribution in [0.5, 0.6) is 0 Å². The molecule has 0 aliphatic heterocycles. The van der Waals surface area contributed by atoms with Crippen molar-refractivity contribution >= 4 is 5.97 Å². The summed E-state index contributed by atoms with van der Waals surface area (Å²) in [7, 11) is 1.64. The first-order chi connectivity index (χ1) is 7.02. The topological polar surface area (TPSA) is 58.6 Å². The maximum absolute atomic E-state index is 11.2. The molecule has 0 heterocycles. The summed E-state index contributed by atoms with van der Waals surface area (Å²) in [5.41, 5.74) is -0.637. The minimum absolute atomic E-state index is 0.187. The third-order valence-corrected chi connectivity index (χ3v) is 3.01. The molecule has 0 saturated carbocycles. The summed E-state index contributed by atoms with van der Waals surface area (Å²) < 4.78 is 4.99. The first-order valence-corrected chi connectivity index (χ1v) is 5.48. The molecule has 0 radical (unpaired) electrons. The fourth-order valence-electron chi connectivity index (χ4n) is 1.56. The van der Waals surface area contributed by atoms with Crippen LogP contribution in [-0.2, 0) is 9.53 Å². The standard InChI is InChI=1S/C11H23NO3/c1-5-11(6-2,10(13)14)8-12-9(3)7-15-4/h9,12H,5-8H2,1-4H3,(H,13,14). The SMILES string of the molecule is CCC(CC)(CNC(C)COC)C(=O)O. The fraction of sp³-hybridized carbons (Fsp3) is 0.909. The Labute approximate surface area is 92.0 Å². The predicted octanol–water partition coefficient (Wildman–Crippen LogP) is 1.50. The van der Waals surface area contributed by atoms with Crippen LogP contribution in [0.25, 0.3) is 0 Å². The Bertz CT molecular complexity index is 190. The number of aliphatic carboxylic acids is 1. The number of carboxylic acids is 1. The highest BCUT2D eigenvalue weighted by molar-refractivity contribution is 5.74. The molecule has 90 valence electrons. The Kier molecular flexibility index (Phi) is 6.52. The molecule has 4 heteroatoms. The van der Waals surface area contributed by atoms with Crippen LogP contribution < -0.4 is 5.32 Å². The van der Waals surface area contributed by atoms with E-state index in [1.165, 1.54) is 0 Å². The lowest BCUT2D eigenvalue weighted by atomic mass is 9.82. The van der Waals surface area contributed by atoms with Gasteiger partial charge in [0.1, 0.15) is 0 Å². The van der Waals surface area contributed by atoms with Crippen LogP contribution in [0.4, 0.5) is 0 Å². The average molecular weight is 217 g/mol. The van der Waals surface area contributed by atoms with Gasteiger partial charge >= 0.3 is 5.97 Å².